The average Bonchev–Trinajstić information content (AvgIpc) is 2.92. The lowest BCUT2D eigenvalue weighted by molar-refractivity contribution is 0.0331. The van der Waals surface area contributed by atoms with Crippen molar-refractivity contribution in [2.75, 3.05) is 5.32 Å². The van der Waals surface area contributed by atoms with Crippen LogP contribution in [0.2, 0.25) is 0 Å². The second kappa shape index (κ2) is 5.66. The molecule has 2 heterocycles. The Balaban J connectivity index is 1.63. The Bertz CT molecular complexity index is 810. The van der Waals surface area contributed by atoms with Crippen LogP contribution in [0.4, 0.5) is 6.01 Å². The highest BCUT2D eigenvalue weighted by atomic mass is 16.4. The minimum atomic E-state index is -0.209. The van der Waals surface area contributed by atoms with E-state index < -0.39 is 0 Å². The van der Waals surface area contributed by atoms with Crippen molar-refractivity contribution < 1.29 is 9.52 Å². The number of benzene rings is 1. The smallest absolute Gasteiger partial charge is 0.296 e. The topological polar surface area (TPSA) is 71.2 Å². The predicted molar refractivity (Wildman–Crippen MR) is 88.1 cm³/mol. The monoisotopic (exact) mass is 309 g/mol. The maximum atomic E-state index is 9.64. The van der Waals surface area contributed by atoms with Gasteiger partial charge in [-0.1, -0.05) is 12.1 Å². The number of oxazole rings is 1. The van der Waals surface area contributed by atoms with E-state index in [2.05, 4.69) is 15.3 Å². The summed E-state index contributed by atoms with van der Waals surface area (Å²) in [6.07, 6.45) is 3.12. The Hall–Kier alpha value is -2.40. The molecule has 3 aromatic rings. The summed E-state index contributed by atoms with van der Waals surface area (Å²) in [4.78, 5) is 8.99. The number of nitrogens with one attached hydrogen (secondary N) is 1. The molecule has 0 bridgehead atoms. The highest BCUT2D eigenvalue weighted by Crippen LogP contribution is 2.39. The fourth-order valence-corrected chi connectivity index (χ4v) is 3.13. The van der Waals surface area contributed by atoms with Crippen molar-refractivity contribution in [1.29, 1.82) is 0 Å². The van der Waals surface area contributed by atoms with Crippen LogP contribution in [-0.4, -0.2) is 21.2 Å². The molecule has 2 N–H and O–H groups in total. The van der Waals surface area contributed by atoms with Crippen LogP contribution in [0.5, 0.6) is 0 Å². The van der Waals surface area contributed by atoms with Crippen LogP contribution in [0.3, 0.4) is 0 Å². The summed E-state index contributed by atoms with van der Waals surface area (Å²) in [5.74, 6) is 0.330. The van der Waals surface area contributed by atoms with Crippen molar-refractivity contribution in [3.63, 3.8) is 0 Å². The molecule has 23 heavy (non-hydrogen) atoms. The van der Waals surface area contributed by atoms with Crippen molar-refractivity contribution in [3.05, 3.63) is 53.9 Å². The second-order valence-electron chi connectivity index (χ2n) is 6.25. The van der Waals surface area contributed by atoms with Gasteiger partial charge in [0, 0.05) is 6.20 Å². The second-order valence-corrected chi connectivity index (χ2v) is 6.25. The summed E-state index contributed by atoms with van der Waals surface area (Å²) >= 11 is 0. The third kappa shape index (κ3) is 2.80. The van der Waals surface area contributed by atoms with Gasteiger partial charge in [0.1, 0.15) is 5.52 Å². The first-order valence-corrected chi connectivity index (χ1v) is 7.92. The van der Waals surface area contributed by atoms with Gasteiger partial charge >= 0.3 is 0 Å². The Morgan fingerprint density at radius 3 is 2.87 bits per heavy atom. The summed E-state index contributed by atoms with van der Waals surface area (Å²) in [6, 6.07) is 12.3. The highest BCUT2D eigenvalue weighted by Gasteiger charge is 2.36. The molecule has 1 aliphatic carbocycles. The van der Waals surface area contributed by atoms with Crippen LogP contribution in [-0.2, 0) is 0 Å². The fraction of sp³-hybridized carbons (Fsp3) is 0.333. The van der Waals surface area contributed by atoms with Crippen LogP contribution < -0.4 is 5.32 Å². The molecule has 5 heteroatoms. The lowest BCUT2D eigenvalue weighted by atomic mass is 9.76. The van der Waals surface area contributed by atoms with E-state index in [1.54, 1.807) is 6.20 Å². The lowest BCUT2D eigenvalue weighted by Crippen LogP contribution is -2.36. The molecule has 0 radical (unpaired) electrons. The molecule has 0 aliphatic heterocycles. The quantitative estimate of drug-likeness (QED) is 0.772. The standard InChI is InChI=1S/C18H19N3O2/c1-11-5-6-16-15(8-11)20-18(23-16)21-17(12-9-13(22)10-12)14-4-2-3-7-19-14/h2-8,12-13,17,22H,9-10H2,1H3,(H,20,21)/t12?,13?,17-/m0/s1. The van der Waals surface area contributed by atoms with Crippen molar-refractivity contribution in [2.24, 2.45) is 5.92 Å². The molecule has 4 rings (SSSR count). The molecule has 1 aliphatic rings. The molecule has 5 nitrogen and oxygen atoms in total. The van der Waals surface area contributed by atoms with Gasteiger partial charge in [0.15, 0.2) is 5.58 Å². The number of fused-ring (bicyclic) bond motifs is 1. The van der Waals surface area contributed by atoms with Gasteiger partial charge in [0.25, 0.3) is 6.01 Å². The van der Waals surface area contributed by atoms with E-state index >= 15 is 0 Å². The van der Waals surface area contributed by atoms with Gasteiger partial charge in [-0.25, -0.2) is 0 Å². The normalized spacial score (nSPS) is 21.8. The van der Waals surface area contributed by atoms with Crippen LogP contribution in [0.1, 0.15) is 30.1 Å². The van der Waals surface area contributed by atoms with Crippen LogP contribution in [0.25, 0.3) is 11.1 Å². The maximum absolute atomic E-state index is 9.64. The van der Waals surface area contributed by atoms with E-state index in [1.807, 2.05) is 43.3 Å². The van der Waals surface area contributed by atoms with Gasteiger partial charge in [-0.3, -0.25) is 4.98 Å². The summed E-state index contributed by atoms with van der Waals surface area (Å²) < 4.78 is 5.81. The van der Waals surface area contributed by atoms with Crippen molar-refractivity contribution in [3.8, 4) is 0 Å². The average molecular weight is 309 g/mol. The van der Waals surface area contributed by atoms with E-state index in [4.69, 9.17) is 4.42 Å². The molecule has 1 atom stereocenters. The number of aryl methyl sites for hydroxylation is 1. The predicted octanol–water partition coefficient (Wildman–Crippen LogP) is 3.46. The summed E-state index contributed by atoms with van der Waals surface area (Å²) in [6.45, 7) is 2.04. The SMILES string of the molecule is Cc1ccc2oc(N[C@H](c3ccccn3)C3CC(O)C3)nc2c1. The minimum absolute atomic E-state index is 0.00578. The van der Waals surface area contributed by atoms with Gasteiger partial charge in [-0.2, -0.15) is 4.98 Å². The van der Waals surface area contributed by atoms with Crippen LogP contribution in [0.15, 0.2) is 47.0 Å². The summed E-state index contributed by atoms with van der Waals surface area (Å²) in [5, 5.41) is 13.0. The first-order chi connectivity index (χ1) is 11.2. The molecular weight excluding hydrogens is 290 g/mol. The first-order valence-electron chi connectivity index (χ1n) is 7.92. The Labute approximate surface area is 134 Å². The van der Waals surface area contributed by atoms with Crippen LogP contribution >= 0.6 is 0 Å². The minimum Gasteiger partial charge on any atom is -0.424 e. The first kappa shape index (κ1) is 14.2. The van der Waals surface area contributed by atoms with E-state index in [-0.39, 0.29) is 12.1 Å². The van der Waals surface area contributed by atoms with E-state index in [1.165, 1.54) is 0 Å². The number of hydrogen-bond acceptors (Lipinski definition) is 5. The van der Waals surface area contributed by atoms with E-state index in [0.29, 0.717) is 11.9 Å². The largest absolute Gasteiger partial charge is 0.424 e. The zero-order valence-corrected chi connectivity index (χ0v) is 12.9. The molecule has 2 aromatic heterocycles. The zero-order valence-electron chi connectivity index (χ0n) is 12.9. The summed E-state index contributed by atoms with van der Waals surface area (Å²) in [7, 11) is 0. The van der Waals surface area contributed by atoms with Gasteiger partial charge in [-0.15, -0.1) is 0 Å². The molecule has 1 aromatic carbocycles. The number of anilines is 1. The van der Waals surface area contributed by atoms with Crippen molar-refractivity contribution >= 4 is 17.1 Å². The van der Waals surface area contributed by atoms with E-state index in [9.17, 15) is 5.11 Å². The van der Waals surface area contributed by atoms with Crippen LogP contribution in [0, 0.1) is 12.8 Å². The highest BCUT2D eigenvalue weighted by molar-refractivity contribution is 5.75. The lowest BCUT2D eigenvalue weighted by Gasteiger charge is -2.37. The molecule has 1 fully saturated rings. The van der Waals surface area contributed by atoms with Gasteiger partial charge in [-0.05, 0) is 55.5 Å². The fourth-order valence-electron chi connectivity index (χ4n) is 3.13. The molecule has 0 spiro atoms. The molecule has 1 saturated carbocycles. The number of hydrogen-bond donors (Lipinski definition) is 2. The molecule has 0 saturated heterocycles. The Morgan fingerprint density at radius 2 is 2.13 bits per heavy atom. The Morgan fingerprint density at radius 1 is 1.26 bits per heavy atom. The number of rotatable bonds is 4. The Kier molecular flexibility index (Phi) is 3.50. The number of aliphatic hydroxyl groups excluding tert-OH is 1. The van der Waals surface area contributed by atoms with Crippen molar-refractivity contribution in [2.45, 2.75) is 31.9 Å². The third-order valence-electron chi connectivity index (χ3n) is 4.45. The number of nitrogens with zero attached hydrogens (tertiary/aromatic N) is 2. The molecule has 0 unspecified atom stereocenters. The van der Waals surface area contributed by atoms with Gasteiger partial charge < -0.3 is 14.8 Å². The molecule has 0 amide bonds. The number of aromatic nitrogens is 2. The van der Waals surface area contributed by atoms with E-state index in [0.717, 1.165) is 35.2 Å². The zero-order chi connectivity index (χ0) is 15.8. The van der Waals surface area contributed by atoms with Gasteiger partial charge in [0.2, 0.25) is 0 Å². The third-order valence-corrected chi connectivity index (χ3v) is 4.45. The maximum Gasteiger partial charge on any atom is 0.296 e. The van der Waals surface area contributed by atoms with Crippen molar-refractivity contribution in [1.82, 2.24) is 9.97 Å². The number of aliphatic hydroxyl groups is 1. The molecular formula is C18H19N3O2. The van der Waals surface area contributed by atoms with Gasteiger partial charge in [0.05, 0.1) is 17.8 Å². The molecule has 118 valence electrons. The number of pyridine rings is 1. The summed E-state index contributed by atoms with van der Waals surface area (Å²) in [5.41, 5.74) is 3.72.